The van der Waals surface area contributed by atoms with Crippen LogP contribution in [-0.2, 0) is 4.74 Å². The zero-order chi connectivity index (χ0) is 23.7. The van der Waals surface area contributed by atoms with Crippen LogP contribution in [0.4, 0.5) is 0 Å². The van der Waals surface area contributed by atoms with E-state index in [0.29, 0.717) is 34.4 Å². The Labute approximate surface area is 200 Å². The van der Waals surface area contributed by atoms with E-state index in [1.165, 1.54) is 6.42 Å². The van der Waals surface area contributed by atoms with Crippen LogP contribution in [-0.4, -0.2) is 42.1 Å². The lowest BCUT2D eigenvalue weighted by Gasteiger charge is -2.51. The minimum absolute atomic E-state index is 0.0533. The number of nitriles is 1. The number of hydrogen-bond donors (Lipinski definition) is 0. The molecule has 3 aromatic rings. The number of benzene rings is 2. The fourth-order valence-corrected chi connectivity index (χ4v) is 5.71. The van der Waals surface area contributed by atoms with Crippen LogP contribution >= 0.6 is 0 Å². The van der Waals surface area contributed by atoms with Gasteiger partial charge in [-0.1, -0.05) is 31.5 Å². The van der Waals surface area contributed by atoms with Gasteiger partial charge in [0.1, 0.15) is 23.6 Å². The van der Waals surface area contributed by atoms with Gasteiger partial charge in [0.25, 0.3) is 0 Å². The first-order chi connectivity index (χ1) is 16.6. The van der Waals surface area contributed by atoms with E-state index in [9.17, 15) is 10.1 Å². The van der Waals surface area contributed by atoms with Crippen LogP contribution in [0.3, 0.4) is 0 Å². The number of esters is 1. The summed E-state index contributed by atoms with van der Waals surface area (Å²) >= 11 is 0. The van der Waals surface area contributed by atoms with E-state index >= 15 is 0 Å². The molecule has 3 aliphatic rings. The van der Waals surface area contributed by atoms with E-state index in [2.05, 4.69) is 22.9 Å². The quantitative estimate of drug-likeness (QED) is 0.480. The Hall–Kier alpha value is -3.43. The van der Waals surface area contributed by atoms with Gasteiger partial charge in [-0.2, -0.15) is 5.26 Å². The Morgan fingerprint density at radius 3 is 2.74 bits per heavy atom. The molecule has 0 amide bonds. The number of rotatable bonds is 6. The number of ether oxygens (including phenoxy) is 2. The highest BCUT2D eigenvalue weighted by Crippen LogP contribution is 2.44. The van der Waals surface area contributed by atoms with Gasteiger partial charge < -0.3 is 9.47 Å². The standard InChI is InChI=1S/C28H29N3O3/c1-3-18-17-31-12-11-20(18)13-26(31)27(34-28(32)19-7-5-4-6-8-19)24-14-21(16-29)30-25-10-9-22(33-2)15-23(24)25/h4-10,14-15,18,20,26-27H,3,11-13,17H2,1-2H3/t18-,20-,26?,27+/m0/s1. The molecule has 2 bridgehead atoms. The molecule has 34 heavy (non-hydrogen) atoms. The predicted molar refractivity (Wildman–Crippen MR) is 129 cm³/mol. The van der Waals surface area contributed by atoms with Crippen LogP contribution in [0.2, 0.25) is 0 Å². The Morgan fingerprint density at radius 1 is 1.24 bits per heavy atom. The molecule has 3 fully saturated rings. The normalized spacial score (nSPS) is 24.4. The molecule has 6 rings (SSSR count). The van der Waals surface area contributed by atoms with Gasteiger partial charge in [0.05, 0.1) is 24.2 Å². The maximum absolute atomic E-state index is 13.3. The highest BCUT2D eigenvalue weighted by molar-refractivity contribution is 5.90. The maximum atomic E-state index is 13.3. The Kier molecular flexibility index (Phi) is 6.21. The molecule has 6 nitrogen and oxygen atoms in total. The molecule has 2 aromatic carbocycles. The lowest BCUT2D eigenvalue weighted by molar-refractivity contribution is -0.0659. The summed E-state index contributed by atoms with van der Waals surface area (Å²) in [5.41, 5.74) is 2.34. The molecule has 4 heterocycles. The Bertz CT molecular complexity index is 1240. The summed E-state index contributed by atoms with van der Waals surface area (Å²) < 4.78 is 11.8. The average Bonchev–Trinajstić information content (AvgIpc) is 2.91. The summed E-state index contributed by atoms with van der Waals surface area (Å²) in [5.74, 6) is 1.65. The number of nitrogens with zero attached hydrogens (tertiary/aromatic N) is 3. The first-order valence-corrected chi connectivity index (χ1v) is 12.0. The molecule has 0 spiro atoms. The fourth-order valence-electron chi connectivity index (χ4n) is 5.71. The summed E-state index contributed by atoms with van der Waals surface area (Å²) in [6, 6.07) is 18.7. The second-order valence-electron chi connectivity index (χ2n) is 9.30. The zero-order valence-electron chi connectivity index (χ0n) is 19.6. The van der Waals surface area contributed by atoms with Crippen molar-refractivity contribution in [3.05, 3.63) is 71.4 Å². The average molecular weight is 456 g/mol. The van der Waals surface area contributed by atoms with Crippen molar-refractivity contribution in [1.29, 1.82) is 5.26 Å². The lowest BCUT2D eigenvalue weighted by atomic mass is 9.72. The van der Waals surface area contributed by atoms with Gasteiger partial charge in [-0.15, -0.1) is 0 Å². The number of methoxy groups -OCH3 is 1. The second kappa shape index (κ2) is 9.44. The van der Waals surface area contributed by atoms with Crippen LogP contribution < -0.4 is 4.74 Å². The van der Waals surface area contributed by atoms with Crippen LogP contribution in [0.25, 0.3) is 10.9 Å². The van der Waals surface area contributed by atoms with Crippen LogP contribution in [0.5, 0.6) is 5.75 Å². The van der Waals surface area contributed by atoms with Crippen molar-refractivity contribution in [1.82, 2.24) is 9.88 Å². The first kappa shape index (κ1) is 22.4. The molecule has 0 radical (unpaired) electrons. The highest BCUT2D eigenvalue weighted by Gasteiger charge is 2.44. The van der Waals surface area contributed by atoms with Crippen LogP contribution in [0.15, 0.2) is 54.6 Å². The summed E-state index contributed by atoms with van der Waals surface area (Å²) in [4.78, 5) is 20.2. The summed E-state index contributed by atoms with van der Waals surface area (Å²) in [5, 5.41) is 10.5. The van der Waals surface area contributed by atoms with E-state index in [1.54, 1.807) is 25.3 Å². The fraction of sp³-hybridized carbons (Fsp3) is 0.393. The number of aromatic nitrogens is 1. The highest BCUT2D eigenvalue weighted by atomic mass is 16.5. The minimum Gasteiger partial charge on any atom is -0.497 e. The van der Waals surface area contributed by atoms with Gasteiger partial charge in [0.15, 0.2) is 0 Å². The molecule has 3 aliphatic heterocycles. The third-order valence-electron chi connectivity index (χ3n) is 7.52. The smallest absolute Gasteiger partial charge is 0.338 e. The van der Waals surface area contributed by atoms with E-state index in [4.69, 9.17) is 9.47 Å². The summed E-state index contributed by atoms with van der Waals surface area (Å²) in [6.07, 6.45) is 2.80. The summed E-state index contributed by atoms with van der Waals surface area (Å²) in [7, 11) is 1.63. The van der Waals surface area contributed by atoms with Crippen molar-refractivity contribution in [2.24, 2.45) is 11.8 Å². The summed E-state index contributed by atoms with van der Waals surface area (Å²) in [6.45, 7) is 4.28. The predicted octanol–water partition coefficient (Wildman–Crippen LogP) is 5.13. The molecule has 0 aliphatic carbocycles. The number of carbonyl (C=O) groups excluding carboxylic acids is 1. The number of pyridine rings is 1. The third-order valence-corrected chi connectivity index (χ3v) is 7.52. The van der Waals surface area contributed by atoms with Crippen LogP contribution in [0, 0.1) is 23.2 Å². The van der Waals surface area contributed by atoms with Gasteiger partial charge in [-0.05, 0) is 67.6 Å². The maximum Gasteiger partial charge on any atom is 0.338 e. The second-order valence-corrected chi connectivity index (χ2v) is 9.30. The van der Waals surface area contributed by atoms with Crippen molar-refractivity contribution in [3.8, 4) is 11.8 Å². The molecule has 174 valence electrons. The van der Waals surface area contributed by atoms with Gasteiger partial charge in [0, 0.05) is 17.5 Å². The zero-order valence-corrected chi connectivity index (χ0v) is 19.6. The first-order valence-electron chi connectivity index (χ1n) is 12.0. The molecule has 0 N–H and O–H groups in total. The van der Waals surface area contributed by atoms with E-state index < -0.39 is 6.10 Å². The SMILES string of the molecule is CC[C@H]1CN2CC[C@H]1CC2[C@H](OC(=O)c1ccccc1)c1cc(C#N)nc2ccc(OC)cc12. The molecule has 5 atom stereocenters. The van der Waals surface area contributed by atoms with E-state index in [-0.39, 0.29) is 12.0 Å². The van der Waals surface area contributed by atoms with Gasteiger partial charge in [-0.3, -0.25) is 4.90 Å². The molecule has 1 aromatic heterocycles. The number of carbonyl (C=O) groups is 1. The van der Waals surface area contributed by atoms with Crippen molar-refractivity contribution in [2.75, 3.05) is 20.2 Å². The van der Waals surface area contributed by atoms with Crippen molar-refractivity contribution < 1.29 is 14.3 Å². The van der Waals surface area contributed by atoms with Crippen molar-refractivity contribution in [2.45, 2.75) is 38.3 Å². The molecule has 2 unspecified atom stereocenters. The van der Waals surface area contributed by atoms with E-state index in [0.717, 1.165) is 36.9 Å². The molecule has 6 heteroatoms. The molecule has 3 saturated heterocycles. The molecule has 0 saturated carbocycles. The van der Waals surface area contributed by atoms with Gasteiger partial charge in [0.2, 0.25) is 0 Å². The number of hydrogen-bond acceptors (Lipinski definition) is 6. The largest absolute Gasteiger partial charge is 0.497 e. The lowest BCUT2D eigenvalue weighted by Crippen LogP contribution is -2.55. The molecular weight excluding hydrogens is 426 g/mol. The number of fused-ring (bicyclic) bond motifs is 4. The van der Waals surface area contributed by atoms with E-state index in [1.807, 2.05) is 36.4 Å². The van der Waals surface area contributed by atoms with Crippen molar-refractivity contribution >= 4 is 16.9 Å². The molecular formula is C28H29N3O3. The topological polar surface area (TPSA) is 75.5 Å². The minimum atomic E-state index is -0.516. The van der Waals surface area contributed by atoms with Crippen LogP contribution in [0.1, 0.15) is 53.9 Å². The monoisotopic (exact) mass is 455 g/mol. The Balaban J connectivity index is 1.62. The Morgan fingerprint density at radius 2 is 2.06 bits per heavy atom. The van der Waals surface area contributed by atoms with Crippen molar-refractivity contribution in [3.63, 3.8) is 0 Å². The third kappa shape index (κ3) is 4.12. The van der Waals surface area contributed by atoms with Gasteiger partial charge in [-0.25, -0.2) is 9.78 Å². The number of piperidine rings is 3. The van der Waals surface area contributed by atoms with Gasteiger partial charge >= 0.3 is 5.97 Å².